The van der Waals surface area contributed by atoms with Gasteiger partial charge in [0.2, 0.25) is 16.8 Å². The number of fused-ring (bicyclic) bond motifs is 1. The number of benzene rings is 1. The molecule has 1 aromatic heterocycles. The molecule has 24 heavy (non-hydrogen) atoms. The molecule has 1 aromatic carbocycles. The fourth-order valence-corrected chi connectivity index (χ4v) is 4.37. The van der Waals surface area contributed by atoms with Crippen LogP contribution in [0.25, 0.3) is 0 Å². The molecule has 128 valence electrons. The number of rotatable bonds is 5. The Morgan fingerprint density at radius 3 is 2.58 bits per heavy atom. The monoisotopic (exact) mass is 430 g/mol. The minimum absolute atomic E-state index is 0.182. The number of aromatic nitrogens is 1. The highest BCUT2D eigenvalue weighted by Gasteiger charge is 2.18. The molecule has 0 N–H and O–H groups in total. The number of thioether (sulfide) groups is 1. The first-order chi connectivity index (χ1) is 11.4. The Bertz CT molecular complexity index is 855. The lowest BCUT2D eigenvalue weighted by Gasteiger charge is -2.11. The molecule has 0 aliphatic carbocycles. The van der Waals surface area contributed by atoms with E-state index in [2.05, 4.69) is 20.9 Å². The summed E-state index contributed by atoms with van der Waals surface area (Å²) in [5.74, 6) is 2.13. The lowest BCUT2D eigenvalue weighted by molar-refractivity contribution is 0.174. The predicted octanol–water partition coefficient (Wildman–Crippen LogP) is 3.12. The molecule has 0 fully saturated rings. The zero-order valence-electron chi connectivity index (χ0n) is 13.0. The molecule has 0 unspecified atom stereocenters. The Kier molecular flexibility index (Phi) is 5.05. The van der Waals surface area contributed by atoms with Crippen LogP contribution in [0.15, 0.2) is 44.9 Å². The van der Waals surface area contributed by atoms with Crippen molar-refractivity contribution in [3.05, 3.63) is 40.5 Å². The van der Waals surface area contributed by atoms with Gasteiger partial charge in [0.25, 0.3) is 0 Å². The van der Waals surface area contributed by atoms with Crippen molar-refractivity contribution in [1.29, 1.82) is 0 Å². The molecule has 0 amide bonds. The van der Waals surface area contributed by atoms with E-state index in [0.717, 1.165) is 26.6 Å². The summed E-state index contributed by atoms with van der Waals surface area (Å²) in [5.41, 5.74) is 1.05. The maximum atomic E-state index is 12.0. The van der Waals surface area contributed by atoms with Crippen molar-refractivity contribution in [1.82, 2.24) is 9.29 Å². The topological polar surface area (TPSA) is 68.7 Å². The van der Waals surface area contributed by atoms with Gasteiger partial charge in [0, 0.05) is 30.5 Å². The number of hydrogen-bond donors (Lipinski definition) is 0. The number of ether oxygens (including phenoxy) is 2. The van der Waals surface area contributed by atoms with E-state index in [1.54, 1.807) is 12.1 Å². The van der Waals surface area contributed by atoms with Gasteiger partial charge in [-0.05, 0) is 29.8 Å². The summed E-state index contributed by atoms with van der Waals surface area (Å²) in [6.45, 7) is 0.238. The zero-order chi connectivity index (χ0) is 17.3. The molecule has 0 spiro atoms. The third-order valence-electron chi connectivity index (χ3n) is 3.40. The van der Waals surface area contributed by atoms with Gasteiger partial charge >= 0.3 is 0 Å². The summed E-state index contributed by atoms with van der Waals surface area (Å²) in [6, 6.07) is 7.10. The third kappa shape index (κ3) is 3.53. The van der Waals surface area contributed by atoms with E-state index in [-0.39, 0.29) is 11.7 Å². The van der Waals surface area contributed by atoms with E-state index in [0.29, 0.717) is 5.75 Å². The smallest absolute Gasteiger partial charge is 0.244 e. The van der Waals surface area contributed by atoms with Gasteiger partial charge in [0.1, 0.15) is 4.90 Å². The van der Waals surface area contributed by atoms with Gasteiger partial charge < -0.3 is 9.47 Å². The van der Waals surface area contributed by atoms with Gasteiger partial charge in [-0.1, -0.05) is 15.9 Å². The van der Waals surface area contributed by atoms with E-state index in [1.807, 2.05) is 12.1 Å². The predicted molar refractivity (Wildman–Crippen MR) is 94.9 cm³/mol. The lowest BCUT2D eigenvalue weighted by atomic mass is 10.2. The van der Waals surface area contributed by atoms with Gasteiger partial charge in [-0.2, -0.15) is 0 Å². The van der Waals surface area contributed by atoms with Crippen LogP contribution in [0, 0.1) is 0 Å². The largest absolute Gasteiger partial charge is 0.454 e. The average molecular weight is 431 g/mol. The zero-order valence-corrected chi connectivity index (χ0v) is 16.2. The highest BCUT2D eigenvalue weighted by molar-refractivity contribution is 9.10. The molecule has 0 radical (unpaired) electrons. The summed E-state index contributed by atoms with van der Waals surface area (Å²) in [6.07, 6.45) is 1.38. The summed E-state index contributed by atoms with van der Waals surface area (Å²) in [5, 5.41) is 0.747. The second kappa shape index (κ2) is 6.91. The Hall–Kier alpha value is -1.29. The Balaban J connectivity index is 1.72. The van der Waals surface area contributed by atoms with E-state index >= 15 is 0 Å². The van der Waals surface area contributed by atoms with E-state index in [9.17, 15) is 8.42 Å². The fraction of sp³-hybridized carbons (Fsp3) is 0.267. The molecule has 0 bridgehead atoms. The molecule has 0 atom stereocenters. The number of hydrogen-bond acceptors (Lipinski definition) is 6. The normalized spacial score (nSPS) is 13.5. The lowest BCUT2D eigenvalue weighted by Crippen LogP contribution is -2.22. The van der Waals surface area contributed by atoms with Crippen molar-refractivity contribution in [2.45, 2.75) is 15.7 Å². The minimum Gasteiger partial charge on any atom is -0.454 e. The molecular formula is C15H15BrN2O4S2. The Morgan fingerprint density at radius 2 is 1.96 bits per heavy atom. The summed E-state index contributed by atoms with van der Waals surface area (Å²) < 4.78 is 36.9. The van der Waals surface area contributed by atoms with Gasteiger partial charge in [-0.3, -0.25) is 0 Å². The van der Waals surface area contributed by atoms with Gasteiger partial charge in [-0.15, -0.1) is 11.8 Å². The van der Waals surface area contributed by atoms with Crippen LogP contribution in [0.4, 0.5) is 0 Å². The molecule has 9 heteroatoms. The van der Waals surface area contributed by atoms with Crippen LogP contribution in [0.1, 0.15) is 5.56 Å². The van der Waals surface area contributed by atoms with Crippen LogP contribution in [-0.2, 0) is 15.8 Å². The molecule has 2 heterocycles. The average Bonchev–Trinajstić information content (AvgIpc) is 3.00. The SMILES string of the molecule is CN(C)S(=O)(=O)c1ccc(SCc2cc3c(cc2Br)OCO3)nc1. The molecule has 1 aliphatic heterocycles. The molecule has 6 nitrogen and oxygen atoms in total. The van der Waals surface area contributed by atoms with Crippen LogP contribution >= 0.6 is 27.7 Å². The minimum atomic E-state index is -3.45. The van der Waals surface area contributed by atoms with Crippen molar-refractivity contribution in [2.75, 3.05) is 20.9 Å². The number of sulfonamides is 1. The summed E-state index contributed by atoms with van der Waals surface area (Å²) in [7, 11) is -0.460. The van der Waals surface area contributed by atoms with Crippen LogP contribution in [0.3, 0.4) is 0 Å². The molecule has 0 saturated heterocycles. The molecular weight excluding hydrogens is 416 g/mol. The summed E-state index contributed by atoms with van der Waals surface area (Å²) >= 11 is 5.04. The standard InChI is InChI=1S/C15H15BrN2O4S2/c1-18(2)24(19,20)11-3-4-15(17-7-11)23-8-10-5-13-14(6-12(10)16)22-9-21-13/h3-7H,8-9H2,1-2H3. The maximum Gasteiger partial charge on any atom is 0.244 e. The van der Waals surface area contributed by atoms with Crippen molar-refractivity contribution >= 4 is 37.7 Å². The number of halogens is 1. The molecule has 0 saturated carbocycles. The van der Waals surface area contributed by atoms with Crippen molar-refractivity contribution in [3.8, 4) is 11.5 Å². The van der Waals surface area contributed by atoms with Crippen molar-refractivity contribution in [3.63, 3.8) is 0 Å². The van der Waals surface area contributed by atoms with Crippen LogP contribution in [-0.4, -0.2) is 38.6 Å². The first-order valence-corrected chi connectivity index (χ1v) is 10.2. The van der Waals surface area contributed by atoms with Crippen LogP contribution < -0.4 is 9.47 Å². The molecule has 3 rings (SSSR count). The van der Waals surface area contributed by atoms with Gasteiger partial charge in [0.15, 0.2) is 11.5 Å². The highest BCUT2D eigenvalue weighted by Crippen LogP contribution is 2.38. The van der Waals surface area contributed by atoms with E-state index in [4.69, 9.17) is 9.47 Å². The third-order valence-corrected chi connectivity index (χ3v) is 6.93. The number of pyridine rings is 1. The fourth-order valence-electron chi connectivity index (χ4n) is 2.04. The van der Waals surface area contributed by atoms with Crippen LogP contribution in [0.2, 0.25) is 0 Å². The Labute approximate surface area is 153 Å². The highest BCUT2D eigenvalue weighted by atomic mass is 79.9. The second-order valence-electron chi connectivity index (χ2n) is 5.21. The van der Waals surface area contributed by atoms with Crippen LogP contribution in [0.5, 0.6) is 11.5 Å². The Morgan fingerprint density at radius 1 is 1.25 bits per heavy atom. The van der Waals surface area contributed by atoms with Crippen molar-refractivity contribution < 1.29 is 17.9 Å². The van der Waals surface area contributed by atoms with E-state index < -0.39 is 10.0 Å². The summed E-state index contributed by atoms with van der Waals surface area (Å²) in [4.78, 5) is 4.41. The number of nitrogens with zero attached hydrogens (tertiary/aromatic N) is 2. The quantitative estimate of drug-likeness (QED) is 0.678. The first kappa shape index (κ1) is 17.5. The van der Waals surface area contributed by atoms with Gasteiger partial charge in [0.05, 0.1) is 5.03 Å². The maximum absolute atomic E-state index is 12.0. The molecule has 1 aliphatic rings. The van der Waals surface area contributed by atoms with Crippen molar-refractivity contribution in [2.24, 2.45) is 0 Å². The molecule has 2 aromatic rings. The van der Waals surface area contributed by atoms with E-state index in [1.165, 1.54) is 36.4 Å². The second-order valence-corrected chi connectivity index (χ2v) is 9.21. The van der Waals surface area contributed by atoms with Gasteiger partial charge in [-0.25, -0.2) is 17.7 Å². The first-order valence-electron chi connectivity index (χ1n) is 6.97.